The topological polar surface area (TPSA) is 24.1 Å². The summed E-state index contributed by atoms with van der Waals surface area (Å²) < 4.78 is 5.53. The summed E-state index contributed by atoms with van der Waals surface area (Å²) in [5.74, 6) is 0. The number of hydrogen-bond acceptors (Lipinski definition) is 4. The molecule has 4 heteroatoms. The molecule has 16 heavy (non-hydrogen) atoms. The zero-order valence-electron chi connectivity index (χ0n) is 8.44. The molecule has 0 aliphatic heterocycles. The van der Waals surface area contributed by atoms with Gasteiger partial charge >= 0.3 is 0 Å². The molecule has 2 N–H and O–H groups in total. The van der Waals surface area contributed by atoms with Crippen molar-refractivity contribution in [1.82, 2.24) is 0 Å². The van der Waals surface area contributed by atoms with Crippen LogP contribution in [0.4, 0.5) is 11.4 Å². The minimum absolute atomic E-state index is 0.912. The first kappa shape index (κ1) is 11.2. The van der Waals surface area contributed by atoms with E-state index in [4.69, 9.17) is 25.6 Å². The summed E-state index contributed by atoms with van der Waals surface area (Å²) in [5.41, 5.74) is 3.92. The molecule has 0 fully saturated rings. The predicted octanol–water partition coefficient (Wildman–Crippen LogP) is 3.10. The van der Waals surface area contributed by atoms with E-state index in [0.29, 0.717) is 0 Å². The zero-order valence-corrected chi connectivity index (χ0v) is 10.1. The Morgan fingerprint density at radius 1 is 0.625 bits per heavy atom. The van der Waals surface area contributed by atoms with Gasteiger partial charge in [0.05, 0.1) is 0 Å². The third kappa shape index (κ3) is 2.13. The highest BCUT2D eigenvalue weighted by molar-refractivity contribution is 7.60. The van der Waals surface area contributed by atoms with E-state index in [0.717, 1.165) is 22.5 Å². The van der Waals surface area contributed by atoms with Gasteiger partial charge in [-0.3, -0.25) is 0 Å². The van der Waals surface area contributed by atoms with Gasteiger partial charge in [-0.25, -0.2) is 0 Å². The smallest absolute Gasteiger partial charge is 0.0198 e. The summed E-state index contributed by atoms with van der Waals surface area (Å²) in [6.45, 7) is 0. The normalized spacial score (nSPS) is 9.88. The van der Waals surface area contributed by atoms with Crippen molar-refractivity contribution in [3.63, 3.8) is 0 Å². The maximum Gasteiger partial charge on any atom is 0.0198 e. The summed E-state index contributed by atoms with van der Waals surface area (Å²) in [7, 11) is 0. The van der Waals surface area contributed by atoms with Crippen LogP contribution < -0.4 is 9.44 Å². The van der Waals surface area contributed by atoms with Crippen molar-refractivity contribution in [2.45, 2.75) is 0 Å². The van der Waals surface area contributed by atoms with E-state index in [9.17, 15) is 0 Å². The van der Waals surface area contributed by atoms with E-state index in [-0.39, 0.29) is 0 Å². The average molecular weight is 246 g/mol. The molecule has 0 heterocycles. The summed E-state index contributed by atoms with van der Waals surface area (Å²) in [4.78, 5) is 0. The number of benzene rings is 2. The van der Waals surface area contributed by atoms with Crippen molar-refractivity contribution in [2.75, 3.05) is 9.44 Å². The maximum atomic E-state index is 4.89. The summed E-state index contributed by atoms with van der Waals surface area (Å²) in [6.07, 6.45) is 0. The average Bonchev–Trinajstić information content (AvgIpc) is 2.38. The van der Waals surface area contributed by atoms with Gasteiger partial charge in [-0.05, 0) is 12.1 Å². The van der Waals surface area contributed by atoms with Crippen LogP contribution >= 0.6 is 0 Å². The Morgan fingerprint density at radius 2 is 1.00 bits per heavy atom. The van der Waals surface area contributed by atoms with Crippen molar-refractivity contribution < 1.29 is 0 Å². The molecule has 0 radical (unpaired) electrons. The van der Waals surface area contributed by atoms with Crippen LogP contribution in [-0.4, -0.2) is 0 Å². The maximum absolute atomic E-state index is 4.89. The van der Waals surface area contributed by atoms with E-state index in [1.165, 1.54) is 0 Å². The second kappa shape index (κ2) is 5.18. The van der Waals surface area contributed by atoms with Crippen LogP contribution in [0, 0.1) is 0 Å². The summed E-state index contributed by atoms with van der Waals surface area (Å²) >= 11 is 9.78. The summed E-state index contributed by atoms with van der Waals surface area (Å²) in [6, 6.07) is 15.8. The Kier molecular flexibility index (Phi) is 3.64. The zero-order chi connectivity index (χ0) is 11.4. The second-order valence-electron chi connectivity index (χ2n) is 3.30. The molecule has 82 valence electrons. The molecule has 0 bridgehead atoms. The molecule has 0 saturated heterocycles. The molecule has 0 aromatic heterocycles. The van der Waals surface area contributed by atoms with Crippen LogP contribution in [0.2, 0.25) is 0 Å². The van der Waals surface area contributed by atoms with Gasteiger partial charge in [0.1, 0.15) is 0 Å². The van der Waals surface area contributed by atoms with Gasteiger partial charge in [0.25, 0.3) is 0 Å². The SMILES string of the molecule is [S-]Nc1ccccc1-c1ccccc1N[S-]. The molecule has 2 rings (SSSR count). The molecule has 0 aliphatic carbocycles. The van der Waals surface area contributed by atoms with Crippen LogP contribution in [0.5, 0.6) is 0 Å². The molecule has 2 aromatic carbocycles. The van der Waals surface area contributed by atoms with E-state index >= 15 is 0 Å². The van der Waals surface area contributed by atoms with Crippen LogP contribution in [-0.2, 0) is 25.6 Å². The fourth-order valence-corrected chi connectivity index (χ4v) is 1.97. The van der Waals surface area contributed by atoms with E-state index < -0.39 is 0 Å². The monoisotopic (exact) mass is 246 g/mol. The number of anilines is 2. The molecule has 0 amide bonds. The third-order valence-corrected chi connectivity index (χ3v) is 2.80. The van der Waals surface area contributed by atoms with Crippen LogP contribution in [0.1, 0.15) is 0 Å². The molecule has 2 aromatic rings. The van der Waals surface area contributed by atoms with Crippen LogP contribution in [0.25, 0.3) is 11.1 Å². The highest BCUT2D eigenvalue weighted by Gasteiger charge is 2.04. The lowest BCUT2D eigenvalue weighted by Crippen LogP contribution is -1.93. The number of para-hydroxylation sites is 2. The van der Waals surface area contributed by atoms with Crippen molar-refractivity contribution in [3.8, 4) is 11.1 Å². The van der Waals surface area contributed by atoms with Gasteiger partial charge in [-0.15, -0.1) is 0 Å². The Hall–Kier alpha value is -1.26. The molecule has 0 saturated carbocycles. The highest BCUT2D eigenvalue weighted by atomic mass is 32.1. The van der Waals surface area contributed by atoms with Gasteiger partial charge in [0, 0.05) is 22.5 Å². The van der Waals surface area contributed by atoms with Crippen LogP contribution in [0.3, 0.4) is 0 Å². The molecular formula is C12H10N2S2-2. The van der Waals surface area contributed by atoms with Crippen molar-refractivity contribution in [3.05, 3.63) is 48.5 Å². The number of rotatable bonds is 3. The first-order valence-corrected chi connectivity index (χ1v) is 5.63. The van der Waals surface area contributed by atoms with Gasteiger partial charge < -0.3 is 35.1 Å². The largest absolute Gasteiger partial charge is 0.670 e. The molecule has 2 nitrogen and oxygen atoms in total. The highest BCUT2D eigenvalue weighted by Crippen LogP contribution is 2.32. The second-order valence-corrected chi connectivity index (χ2v) is 3.70. The molecule has 0 aliphatic rings. The Balaban J connectivity index is 2.58. The lowest BCUT2D eigenvalue weighted by molar-refractivity contribution is 1.60. The van der Waals surface area contributed by atoms with Gasteiger partial charge in [0.2, 0.25) is 0 Å². The minimum Gasteiger partial charge on any atom is -0.670 e. The standard InChI is InChI=1S/C12H10N2S2/c15-13-11-7-3-1-5-9(11)10-6-2-4-8-12(10)14-16/h1-8,13-14H/q-2. The quantitative estimate of drug-likeness (QED) is 0.813. The van der Waals surface area contributed by atoms with E-state index in [2.05, 4.69) is 9.44 Å². The first-order chi connectivity index (χ1) is 7.86. The Labute approximate surface area is 106 Å². The number of nitrogens with one attached hydrogen (secondary N) is 2. The fraction of sp³-hybridized carbons (Fsp3) is 0. The van der Waals surface area contributed by atoms with Gasteiger partial charge in [-0.1, -0.05) is 36.4 Å². The summed E-state index contributed by atoms with van der Waals surface area (Å²) in [5, 5.41) is 0. The van der Waals surface area contributed by atoms with Crippen LogP contribution in [0.15, 0.2) is 48.5 Å². The fourth-order valence-electron chi connectivity index (χ4n) is 1.61. The first-order valence-electron chi connectivity index (χ1n) is 4.81. The Bertz CT molecular complexity index is 440. The number of hydrogen-bond donors (Lipinski definition) is 2. The molecule has 0 atom stereocenters. The lowest BCUT2D eigenvalue weighted by Gasteiger charge is -2.20. The molecular weight excluding hydrogens is 236 g/mol. The van der Waals surface area contributed by atoms with Crippen molar-refractivity contribution in [1.29, 1.82) is 0 Å². The van der Waals surface area contributed by atoms with E-state index in [1.807, 2.05) is 48.5 Å². The van der Waals surface area contributed by atoms with Crippen molar-refractivity contribution in [2.24, 2.45) is 0 Å². The lowest BCUT2D eigenvalue weighted by atomic mass is 10.0. The molecule has 0 spiro atoms. The third-order valence-electron chi connectivity index (χ3n) is 2.36. The molecule has 0 unspecified atom stereocenters. The van der Waals surface area contributed by atoms with Gasteiger partial charge in [0.15, 0.2) is 0 Å². The minimum atomic E-state index is 0.912. The van der Waals surface area contributed by atoms with Crippen molar-refractivity contribution >= 4 is 37.0 Å². The Morgan fingerprint density at radius 3 is 1.38 bits per heavy atom. The predicted molar refractivity (Wildman–Crippen MR) is 73.9 cm³/mol. The van der Waals surface area contributed by atoms with Gasteiger partial charge in [-0.2, -0.15) is 0 Å². The van der Waals surface area contributed by atoms with E-state index in [1.54, 1.807) is 0 Å².